The van der Waals surface area contributed by atoms with Gasteiger partial charge in [-0.1, -0.05) is 146 Å². The quantitative estimate of drug-likeness (QED) is 0.0443. The molecule has 0 bridgehead atoms. The zero-order valence-corrected chi connectivity index (χ0v) is 58.0. The van der Waals surface area contributed by atoms with E-state index in [4.69, 9.17) is 17.2 Å². The van der Waals surface area contributed by atoms with Gasteiger partial charge in [-0.3, -0.25) is 5.32 Å². The van der Waals surface area contributed by atoms with Gasteiger partial charge in [-0.05, 0) is 230 Å². The lowest BCUT2D eigenvalue weighted by Crippen LogP contribution is -2.54. The predicted molar refractivity (Wildman–Crippen MR) is 427 cm³/mol. The Morgan fingerprint density at radius 3 is 1.23 bits per heavy atom. The third kappa shape index (κ3) is 13.2. The number of nitrogens with zero attached hydrogens (tertiary/aromatic N) is 2. The summed E-state index contributed by atoms with van der Waals surface area (Å²) in [6.45, 7) is 8.20. The number of hydrogen-bond donors (Lipinski definition) is 6. The molecule has 15 aromatic rings. The second-order valence-corrected chi connectivity index (χ2v) is 30.3. The van der Waals surface area contributed by atoms with Crippen LogP contribution < -0.4 is 43.0 Å². The zero-order valence-electron chi connectivity index (χ0n) is 55.5. The first kappa shape index (κ1) is 63.1. The summed E-state index contributed by atoms with van der Waals surface area (Å²) in [5, 5.41) is 18.7. The van der Waals surface area contributed by atoms with Crippen LogP contribution in [-0.2, 0) is 19.4 Å². The summed E-state index contributed by atoms with van der Waals surface area (Å²) < 4.78 is 7.83. The SMILES string of the molecule is NCCCc1ccc(-c2ccc3sc4ccc(-c5ccc(CCC(N)NCc6cccc(-c7ccc8sc9ccc(-c%10cccc(C(N)C%11CN(c%12ccc(-c%13ccc%14sc%15ccc(-c%16ccc(N%17CCNCC%17)cc%16)cc%15c%14c%13)cc%12)CCN%11)c%10)cc9c8c7)c6)cc5)cc4c3c2)cc1. The summed E-state index contributed by atoms with van der Waals surface area (Å²) in [6.07, 6.45) is 3.62. The van der Waals surface area contributed by atoms with E-state index in [2.05, 4.69) is 281 Å². The fourth-order valence-electron chi connectivity index (χ4n) is 15.0. The average molecular weight is 1350 g/mol. The van der Waals surface area contributed by atoms with Crippen molar-refractivity contribution in [3.8, 4) is 66.8 Å². The van der Waals surface area contributed by atoms with Crippen LogP contribution in [0.3, 0.4) is 0 Å². The fraction of sp³-hybridized carbons (Fsp3) is 0.182. The summed E-state index contributed by atoms with van der Waals surface area (Å²) in [6, 6.07) is 95.6. The van der Waals surface area contributed by atoms with Crippen molar-refractivity contribution in [3.05, 3.63) is 277 Å². The van der Waals surface area contributed by atoms with Crippen LogP contribution in [-0.4, -0.2) is 64.6 Å². The number of piperazine rings is 2. The number of nitrogens with two attached hydrogens (primary N) is 3. The highest BCUT2D eigenvalue weighted by Crippen LogP contribution is 2.43. The normalized spacial score (nSPS) is 15.1. The van der Waals surface area contributed by atoms with E-state index in [1.165, 1.54) is 155 Å². The summed E-state index contributed by atoms with van der Waals surface area (Å²) in [7, 11) is 0. The van der Waals surface area contributed by atoms with Crippen LogP contribution in [0.5, 0.6) is 0 Å². The van der Waals surface area contributed by atoms with Crippen molar-refractivity contribution in [2.24, 2.45) is 17.2 Å². The topological polar surface area (TPSA) is 121 Å². The molecule has 11 heteroatoms. The third-order valence-electron chi connectivity index (χ3n) is 20.7. The molecule has 0 saturated carbocycles. The Morgan fingerprint density at radius 2 is 0.768 bits per heavy atom. The Balaban J connectivity index is 0.520. The van der Waals surface area contributed by atoms with Crippen LogP contribution in [0.15, 0.2) is 255 Å². The Bertz CT molecular complexity index is 5420. The molecule has 17 rings (SSSR count). The molecule has 2 fully saturated rings. The van der Waals surface area contributed by atoms with E-state index in [0.717, 1.165) is 83.6 Å². The standard InChI is InChI=1S/C88H80N8S3/c89-39-3-5-56-9-14-59(15-10-56)65-22-32-81-74(48-65)75-49-66(23-33-82(75)97-81)60-16-11-57(12-17-60)13-38-87(90)94-54-58-4-1-6-63(46-58)69-26-36-85-78(52-69)79-53-70(27-37-86(79)99-85)64-7-2-8-71(47-64)88(91)80-55-96(45-42-93-80)73-30-20-62(21-31-73)68-25-35-84-77(51-68)76-50-67(24-34-83(76)98-84)61-18-28-72(29-19-61)95-43-40-92-41-44-95/h1-2,4,6-12,14-37,46-53,80,87-88,92-94H,3,5,13,38-45,54-55,89-91H2. The Hall–Kier alpha value is -9.34. The van der Waals surface area contributed by atoms with E-state index < -0.39 is 0 Å². The summed E-state index contributed by atoms with van der Waals surface area (Å²) >= 11 is 5.60. The second kappa shape index (κ2) is 27.8. The minimum atomic E-state index is -0.186. The van der Waals surface area contributed by atoms with Crippen molar-refractivity contribution < 1.29 is 0 Å². The molecule has 3 aromatic heterocycles. The highest BCUT2D eigenvalue weighted by atomic mass is 32.1. The first-order valence-electron chi connectivity index (χ1n) is 35.1. The number of thiophene rings is 3. The number of anilines is 2. The van der Waals surface area contributed by atoms with E-state index in [-0.39, 0.29) is 18.2 Å². The number of fused-ring (bicyclic) bond motifs is 9. The summed E-state index contributed by atoms with van der Waals surface area (Å²) in [5.41, 5.74) is 42.0. The molecular weight excluding hydrogens is 1270 g/mol. The average Bonchev–Trinajstić information content (AvgIpc) is 1.65. The molecule has 2 saturated heterocycles. The molecule has 8 nitrogen and oxygen atoms in total. The lowest BCUT2D eigenvalue weighted by molar-refractivity contribution is 0.400. The molecule has 3 unspecified atom stereocenters. The molecule has 0 radical (unpaired) electrons. The van der Waals surface area contributed by atoms with E-state index >= 15 is 0 Å². The molecule has 3 atom stereocenters. The van der Waals surface area contributed by atoms with Gasteiger partial charge in [0.1, 0.15) is 0 Å². The van der Waals surface area contributed by atoms with Gasteiger partial charge in [0, 0.05) is 136 Å². The van der Waals surface area contributed by atoms with Crippen molar-refractivity contribution in [1.82, 2.24) is 16.0 Å². The Morgan fingerprint density at radius 1 is 0.384 bits per heavy atom. The van der Waals surface area contributed by atoms with Gasteiger partial charge in [-0.25, -0.2) is 0 Å². The van der Waals surface area contributed by atoms with Gasteiger partial charge in [-0.15, -0.1) is 34.0 Å². The number of benzene rings is 12. The van der Waals surface area contributed by atoms with Crippen LogP contribution in [0, 0.1) is 0 Å². The lowest BCUT2D eigenvalue weighted by Gasteiger charge is -2.38. The molecule has 5 heterocycles. The molecule has 12 aromatic carbocycles. The van der Waals surface area contributed by atoms with Crippen LogP contribution >= 0.6 is 34.0 Å². The van der Waals surface area contributed by atoms with E-state index in [0.29, 0.717) is 6.54 Å². The Labute approximate surface area is 591 Å². The number of rotatable bonds is 19. The molecule has 490 valence electrons. The maximum Gasteiger partial charge on any atom is 0.0552 e. The largest absolute Gasteiger partial charge is 0.369 e. The molecule has 2 aliphatic heterocycles. The van der Waals surface area contributed by atoms with Crippen LogP contribution in [0.25, 0.3) is 127 Å². The van der Waals surface area contributed by atoms with Crippen LogP contribution in [0.2, 0.25) is 0 Å². The van der Waals surface area contributed by atoms with Gasteiger partial charge in [0.15, 0.2) is 0 Å². The molecular formula is C88H80N8S3. The summed E-state index contributed by atoms with van der Waals surface area (Å²) in [4.78, 5) is 4.96. The monoisotopic (exact) mass is 1340 g/mol. The van der Waals surface area contributed by atoms with Crippen LogP contribution in [0.1, 0.15) is 41.1 Å². The molecule has 99 heavy (non-hydrogen) atoms. The highest BCUT2D eigenvalue weighted by Gasteiger charge is 2.27. The molecule has 0 spiro atoms. The van der Waals surface area contributed by atoms with Crippen molar-refractivity contribution in [1.29, 1.82) is 0 Å². The van der Waals surface area contributed by atoms with Crippen molar-refractivity contribution in [2.75, 3.05) is 62.2 Å². The van der Waals surface area contributed by atoms with Gasteiger partial charge in [-0.2, -0.15) is 0 Å². The summed E-state index contributed by atoms with van der Waals surface area (Å²) in [5.74, 6) is 0. The van der Waals surface area contributed by atoms with Crippen molar-refractivity contribution in [3.63, 3.8) is 0 Å². The minimum Gasteiger partial charge on any atom is -0.369 e. The van der Waals surface area contributed by atoms with Gasteiger partial charge in [0.2, 0.25) is 0 Å². The van der Waals surface area contributed by atoms with Gasteiger partial charge in [0.25, 0.3) is 0 Å². The maximum atomic E-state index is 7.27. The van der Waals surface area contributed by atoms with Gasteiger partial charge >= 0.3 is 0 Å². The number of nitrogens with one attached hydrogen (secondary N) is 3. The molecule has 0 aliphatic carbocycles. The second-order valence-electron chi connectivity index (χ2n) is 27.1. The van der Waals surface area contributed by atoms with Crippen LogP contribution in [0.4, 0.5) is 11.4 Å². The third-order valence-corrected chi connectivity index (χ3v) is 24.2. The molecule has 0 amide bonds. The lowest BCUT2D eigenvalue weighted by atomic mass is 9.94. The van der Waals surface area contributed by atoms with Gasteiger partial charge < -0.3 is 37.6 Å². The first-order valence-corrected chi connectivity index (χ1v) is 37.6. The molecule has 2 aliphatic rings. The maximum absolute atomic E-state index is 7.27. The van der Waals surface area contributed by atoms with E-state index in [1.807, 2.05) is 34.0 Å². The smallest absolute Gasteiger partial charge is 0.0552 e. The zero-order chi connectivity index (χ0) is 66.3. The van der Waals surface area contributed by atoms with Crippen molar-refractivity contribution >= 4 is 106 Å². The van der Waals surface area contributed by atoms with Gasteiger partial charge in [0.05, 0.1) is 6.17 Å². The number of aryl methyl sites for hydroxylation is 2. The predicted octanol–water partition coefficient (Wildman–Crippen LogP) is 19.6. The highest BCUT2D eigenvalue weighted by molar-refractivity contribution is 7.26. The van der Waals surface area contributed by atoms with E-state index in [9.17, 15) is 0 Å². The van der Waals surface area contributed by atoms with Crippen molar-refractivity contribution in [2.45, 2.75) is 50.5 Å². The number of hydrogen-bond acceptors (Lipinski definition) is 11. The first-order chi connectivity index (χ1) is 48.7. The Kier molecular flexibility index (Phi) is 17.7. The molecule has 9 N–H and O–H groups in total. The fourth-order valence-corrected chi connectivity index (χ4v) is 18.2. The minimum absolute atomic E-state index is 0.0835. The van der Waals surface area contributed by atoms with E-state index in [1.54, 1.807) is 0 Å².